The summed E-state index contributed by atoms with van der Waals surface area (Å²) in [6.07, 6.45) is 7.06. The van der Waals surface area contributed by atoms with Gasteiger partial charge in [-0.05, 0) is 81.3 Å². The van der Waals surface area contributed by atoms with Gasteiger partial charge in [-0.3, -0.25) is 4.79 Å². The Bertz CT molecular complexity index is 1200. The highest BCUT2D eigenvalue weighted by molar-refractivity contribution is 5.94. The molecule has 1 aliphatic carbocycles. The number of nitrogens with zero attached hydrogens (tertiary/aromatic N) is 3. The number of benzene rings is 2. The van der Waals surface area contributed by atoms with Crippen LogP contribution in [0.1, 0.15) is 53.0 Å². The predicted molar refractivity (Wildman–Crippen MR) is 133 cm³/mol. The lowest BCUT2D eigenvalue weighted by atomic mass is 9.90. The Kier molecular flexibility index (Phi) is 6.17. The van der Waals surface area contributed by atoms with E-state index in [-0.39, 0.29) is 5.91 Å². The quantitative estimate of drug-likeness (QED) is 0.589. The number of nitrogens with one attached hydrogen (secondary N) is 1. The van der Waals surface area contributed by atoms with Crippen LogP contribution in [-0.4, -0.2) is 53.1 Å². The third kappa shape index (κ3) is 4.52. The summed E-state index contributed by atoms with van der Waals surface area (Å²) in [4.78, 5) is 15.5. The summed E-state index contributed by atoms with van der Waals surface area (Å²) in [5.41, 5.74) is 5.21. The van der Waals surface area contributed by atoms with E-state index < -0.39 is 0 Å². The molecule has 182 valence electrons. The predicted octanol–water partition coefficient (Wildman–Crippen LogP) is 3.92. The van der Waals surface area contributed by atoms with Crippen LogP contribution in [0, 0.1) is 0 Å². The van der Waals surface area contributed by atoms with E-state index in [1.165, 1.54) is 17.7 Å². The third-order valence-corrected chi connectivity index (χ3v) is 7.40. The van der Waals surface area contributed by atoms with Crippen LogP contribution in [0.2, 0.25) is 0 Å². The number of ether oxygens (including phenoxy) is 2. The van der Waals surface area contributed by atoms with Crippen LogP contribution >= 0.6 is 0 Å². The van der Waals surface area contributed by atoms with Gasteiger partial charge < -0.3 is 19.7 Å². The van der Waals surface area contributed by atoms with Crippen LogP contribution in [0.15, 0.2) is 48.5 Å². The zero-order valence-corrected chi connectivity index (χ0v) is 20.0. The SMILES string of the molecule is O=C(c1nn(-c2ccccc2)c2c1CC(NCCc1ccc3c(c1)OCO3)CC2)N1CCCCC1. The normalized spacial score (nSPS) is 19.0. The Morgan fingerprint density at radius 3 is 2.71 bits per heavy atom. The monoisotopic (exact) mass is 472 g/mol. The molecule has 7 heteroatoms. The van der Waals surface area contributed by atoms with Crippen LogP contribution in [0.25, 0.3) is 5.69 Å². The largest absolute Gasteiger partial charge is 0.454 e. The number of likely N-dealkylation sites (tertiary alicyclic amines) is 1. The van der Waals surface area contributed by atoms with Gasteiger partial charge in [0.05, 0.1) is 5.69 Å². The molecular weight excluding hydrogens is 440 g/mol. The molecule has 0 bridgehead atoms. The van der Waals surface area contributed by atoms with E-state index in [9.17, 15) is 4.79 Å². The fourth-order valence-electron chi connectivity index (χ4n) is 5.51. The highest BCUT2D eigenvalue weighted by Crippen LogP contribution is 2.33. The molecule has 2 aliphatic heterocycles. The van der Waals surface area contributed by atoms with Crippen molar-refractivity contribution in [3.05, 3.63) is 71.0 Å². The van der Waals surface area contributed by atoms with Crippen molar-refractivity contribution < 1.29 is 14.3 Å². The summed E-state index contributed by atoms with van der Waals surface area (Å²) in [5, 5.41) is 8.64. The number of amides is 1. The molecule has 1 N–H and O–H groups in total. The van der Waals surface area contributed by atoms with Gasteiger partial charge in [-0.15, -0.1) is 0 Å². The van der Waals surface area contributed by atoms with Crippen molar-refractivity contribution in [3.8, 4) is 17.2 Å². The highest BCUT2D eigenvalue weighted by atomic mass is 16.7. The minimum atomic E-state index is 0.0941. The maximum absolute atomic E-state index is 13.5. The highest BCUT2D eigenvalue weighted by Gasteiger charge is 2.32. The first-order valence-corrected chi connectivity index (χ1v) is 12.8. The molecule has 1 atom stereocenters. The van der Waals surface area contributed by atoms with Crippen molar-refractivity contribution in [1.29, 1.82) is 0 Å². The molecule has 1 unspecified atom stereocenters. The van der Waals surface area contributed by atoms with Gasteiger partial charge in [0, 0.05) is 30.4 Å². The lowest BCUT2D eigenvalue weighted by Crippen LogP contribution is -2.38. The summed E-state index contributed by atoms with van der Waals surface area (Å²) in [7, 11) is 0. The van der Waals surface area contributed by atoms with E-state index in [1.807, 2.05) is 33.8 Å². The number of fused-ring (bicyclic) bond motifs is 2. The molecule has 0 spiro atoms. The second-order valence-electron chi connectivity index (χ2n) is 9.71. The Hall–Kier alpha value is -3.32. The molecule has 1 aromatic heterocycles. The van der Waals surface area contributed by atoms with E-state index in [2.05, 4.69) is 29.6 Å². The fraction of sp³-hybridized carbons (Fsp3) is 0.429. The van der Waals surface area contributed by atoms with Crippen LogP contribution in [-0.2, 0) is 19.3 Å². The van der Waals surface area contributed by atoms with E-state index in [0.717, 1.165) is 80.9 Å². The van der Waals surface area contributed by atoms with Crippen molar-refractivity contribution in [2.75, 3.05) is 26.4 Å². The lowest BCUT2D eigenvalue weighted by molar-refractivity contribution is 0.0716. The molecule has 0 saturated carbocycles. The minimum absolute atomic E-state index is 0.0941. The van der Waals surface area contributed by atoms with Gasteiger partial charge in [0.15, 0.2) is 17.2 Å². The fourth-order valence-corrected chi connectivity index (χ4v) is 5.51. The first-order valence-electron chi connectivity index (χ1n) is 12.8. The Morgan fingerprint density at radius 2 is 1.86 bits per heavy atom. The summed E-state index contributed by atoms with van der Waals surface area (Å²) in [6.45, 7) is 2.85. The van der Waals surface area contributed by atoms with Crippen molar-refractivity contribution >= 4 is 5.91 Å². The van der Waals surface area contributed by atoms with Crippen LogP contribution in [0.3, 0.4) is 0 Å². The van der Waals surface area contributed by atoms with Gasteiger partial charge in [-0.25, -0.2) is 4.68 Å². The van der Waals surface area contributed by atoms with E-state index in [0.29, 0.717) is 18.5 Å². The number of hydrogen-bond donors (Lipinski definition) is 1. The third-order valence-electron chi connectivity index (χ3n) is 7.40. The first-order chi connectivity index (χ1) is 17.3. The second-order valence-corrected chi connectivity index (χ2v) is 9.71. The molecule has 1 amide bonds. The number of carbonyl (C=O) groups excluding carboxylic acids is 1. The van der Waals surface area contributed by atoms with E-state index in [1.54, 1.807) is 0 Å². The van der Waals surface area contributed by atoms with Crippen LogP contribution < -0.4 is 14.8 Å². The first kappa shape index (κ1) is 22.2. The van der Waals surface area contributed by atoms with E-state index >= 15 is 0 Å². The summed E-state index contributed by atoms with van der Waals surface area (Å²) in [6, 6.07) is 16.7. The molecule has 0 radical (unpaired) electrons. The van der Waals surface area contributed by atoms with Gasteiger partial charge in [-0.2, -0.15) is 5.10 Å². The second kappa shape index (κ2) is 9.74. The zero-order chi connectivity index (χ0) is 23.6. The molecule has 7 nitrogen and oxygen atoms in total. The van der Waals surface area contributed by atoms with Crippen molar-refractivity contribution in [2.45, 2.75) is 51.0 Å². The average Bonchev–Trinajstić information content (AvgIpc) is 3.53. The van der Waals surface area contributed by atoms with Gasteiger partial charge >= 0.3 is 0 Å². The standard InChI is InChI=1S/C28H32N4O3/c33-28(31-15-5-2-6-16-31)27-23-18-21(10-11-24(23)32(30-27)22-7-3-1-4-8-22)29-14-13-20-9-12-25-26(17-20)35-19-34-25/h1,3-4,7-9,12,17,21,29H,2,5-6,10-11,13-16,18-19H2. The molecule has 6 rings (SSSR count). The van der Waals surface area contributed by atoms with Gasteiger partial charge in [0.25, 0.3) is 5.91 Å². The van der Waals surface area contributed by atoms with Gasteiger partial charge in [-0.1, -0.05) is 24.3 Å². The molecule has 35 heavy (non-hydrogen) atoms. The topological polar surface area (TPSA) is 68.6 Å². The van der Waals surface area contributed by atoms with E-state index in [4.69, 9.17) is 14.6 Å². The molecular formula is C28H32N4O3. The van der Waals surface area contributed by atoms with Gasteiger partial charge in [0.1, 0.15) is 0 Å². The number of aromatic nitrogens is 2. The molecule has 1 saturated heterocycles. The number of para-hydroxylation sites is 1. The molecule has 1 fully saturated rings. The maximum Gasteiger partial charge on any atom is 0.274 e. The molecule has 3 aliphatic rings. The Labute approximate surface area is 206 Å². The Balaban J connectivity index is 1.19. The summed E-state index contributed by atoms with van der Waals surface area (Å²) < 4.78 is 12.9. The van der Waals surface area contributed by atoms with Crippen molar-refractivity contribution in [1.82, 2.24) is 20.0 Å². The summed E-state index contributed by atoms with van der Waals surface area (Å²) in [5.74, 6) is 1.75. The average molecular weight is 473 g/mol. The minimum Gasteiger partial charge on any atom is -0.454 e. The molecule has 2 aromatic carbocycles. The number of carbonyl (C=O) groups is 1. The van der Waals surface area contributed by atoms with Gasteiger partial charge in [0.2, 0.25) is 6.79 Å². The van der Waals surface area contributed by atoms with Crippen molar-refractivity contribution in [2.24, 2.45) is 0 Å². The Morgan fingerprint density at radius 1 is 1.03 bits per heavy atom. The number of piperidine rings is 1. The molecule has 3 heterocycles. The summed E-state index contributed by atoms with van der Waals surface area (Å²) >= 11 is 0. The zero-order valence-electron chi connectivity index (χ0n) is 20.0. The van der Waals surface area contributed by atoms with Crippen molar-refractivity contribution in [3.63, 3.8) is 0 Å². The lowest BCUT2D eigenvalue weighted by Gasteiger charge is -2.27. The number of rotatable bonds is 6. The smallest absolute Gasteiger partial charge is 0.274 e. The molecule has 3 aromatic rings. The van der Waals surface area contributed by atoms with Crippen LogP contribution in [0.4, 0.5) is 0 Å². The van der Waals surface area contributed by atoms with Crippen LogP contribution in [0.5, 0.6) is 11.5 Å². The number of hydrogen-bond acceptors (Lipinski definition) is 5. The maximum atomic E-state index is 13.5.